The van der Waals surface area contributed by atoms with E-state index < -0.39 is 0 Å². The fourth-order valence-corrected chi connectivity index (χ4v) is 2.34. The van der Waals surface area contributed by atoms with Gasteiger partial charge in [-0.05, 0) is 44.5 Å². The summed E-state index contributed by atoms with van der Waals surface area (Å²) in [6.07, 6.45) is 0.997. The zero-order valence-electron chi connectivity index (χ0n) is 9.76. The van der Waals surface area contributed by atoms with Gasteiger partial charge in [0.2, 0.25) is 0 Å². The van der Waals surface area contributed by atoms with E-state index >= 15 is 0 Å². The maximum atomic E-state index is 6.16. The van der Waals surface area contributed by atoms with Crippen molar-refractivity contribution >= 4 is 22.5 Å². The molecule has 1 aromatic heterocycles. The lowest BCUT2D eigenvalue weighted by Gasteiger charge is -2.10. The van der Waals surface area contributed by atoms with Crippen molar-refractivity contribution in [2.24, 2.45) is 5.73 Å². The highest BCUT2D eigenvalue weighted by Crippen LogP contribution is 2.28. The molecule has 0 amide bonds. The number of nitrogens with two attached hydrogens (primary N) is 1. The lowest BCUT2D eigenvalue weighted by molar-refractivity contribution is 0.656. The van der Waals surface area contributed by atoms with Gasteiger partial charge in [0.15, 0.2) is 0 Å². The van der Waals surface area contributed by atoms with Crippen LogP contribution in [0.3, 0.4) is 0 Å². The van der Waals surface area contributed by atoms with Crippen LogP contribution in [-0.4, -0.2) is 11.1 Å². The van der Waals surface area contributed by atoms with E-state index in [4.69, 9.17) is 17.3 Å². The Balaban J connectivity index is 2.61. The van der Waals surface area contributed by atoms with Gasteiger partial charge in [-0.15, -0.1) is 0 Å². The summed E-state index contributed by atoms with van der Waals surface area (Å²) in [5.74, 6) is 0. The molecule has 0 bridgehead atoms. The van der Waals surface area contributed by atoms with Gasteiger partial charge in [-0.1, -0.05) is 17.7 Å². The minimum Gasteiger partial charge on any atom is -0.345 e. The first-order valence-electron chi connectivity index (χ1n) is 5.60. The van der Waals surface area contributed by atoms with Crippen molar-refractivity contribution in [1.82, 2.24) is 4.57 Å². The van der Waals surface area contributed by atoms with E-state index in [1.807, 2.05) is 6.07 Å². The summed E-state index contributed by atoms with van der Waals surface area (Å²) in [6.45, 7) is 5.89. The van der Waals surface area contributed by atoms with Crippen LogP contribution in [0.5, 0.6) is 0 Å². The molecule has 0 spiro atoms. The maximum Gasteiger partial charge on any atom is 0.0527 e. The van der Waals surface area contributed by atoms with Crippen molar-refractivity contribution in [1.29, 1.82) is 0 Å². The summed E-state index contributed by atoms with van der Waals surface area (Å²) in [4.78, 5) is 0. The quantitative estimate of drug-likeness (QED) is 0.872. The Morgan fingerprint density at radius 1 is 1.31 bits per heavy atom. The van der Waals surface area contributed by atoms with Crippen LogP contribution in [0.4, 0.5) is 0 Å². The molecule has 0 aliphatic carbocycles. The molecule has 2 N–H and O–H groups in total. The first-order chi connectivity index (χ1) is 7.65. The third-order valence-corrected chi connectivity index (χ3v) is 3.45. The molecule has 0 saturated heterocycles. The van der Waals surface area contributed by atoms with Gasteiger partial charge >= 0.3 is 0 Å². The number of hydrogen-bond acceptors (Lipinski definition) is 1. The average molecular weight is 237 g/mol. The van der Waals surface area contributed by atoms with E-state index in [1.54, 1.807) is 0 Å². The molecule has 1 aromatic carbocycles. The summed E-state index contributed by atoms with van der Waals surface area (Å²) < 4.78 is 2.31. The van der Waals surface area contributed by atoms with Crippen molar-refractivity contribution in [3.63, 3.8) is 0 Å². The third kappa shape index (κ3) is 1.83. The first-order valence-corrected chi connectivity index (χ1v) is 5.98. The van der Waals surface area contributed by atoms with Crippen LogP contribution in [0.25, 0.3) is 10.9 Å². The molecule has 16 heavy (non-hydrogen) atoms. The van der Waals surface area contributed by atoms with Crippen LogP contribution in [-0.2, 0) is 6.54 Å². The molecule has 0 fully saturated rings. The molecule has 86 valence electrons. The van der Waals surface area contributed by atoms with E-state index in [1.165, 1.54) is 16.6 Å². The molecule has 3 heteroatoms. The molecule has 0 atom stereocenters. The topological polar surface area (TPSA) is 30.9 Å². The van der Waals surface area contributed by atoms with E-state index in [0.29, 0.717) is 0 Å². The van der Waals surface area contributed by atoms with Gasteiger partial charge < -0.3 is 10.3 Å². The molecule has 0 saturated carbocycles. The highest BCUT2D eigenvalue weighted by Gasteiger charge is 2.09. The SMILES string of the molecule is Cc1c(Cl)ccc2cc(C)n(CCCN)c12. The van der Waals surface area contributed by atoms with Crippen LogP contribution < -0.4 is 5.73 Å². The molecular formula is C13H17ClN2. The van der Waals surface area contributed by atoms with Crippen LogP contribution in [0.1, 0.15) is 17.7 Å². The number of fused-ring (bicyclic) bond motifs is 1. The summed E-state index contributed by atoms with van der Waals surface area (Å²) in [5.41, 5.74) is 9.25. The van der Waals surface area contributed by atoms with Crippen LogP contribution in [0, 0.1) is 13.8 Å². The molecule has 0 aliphatic rings. The number of aromatic nitrogens is 1. The van der Waals surface area contributed by atoms with Gasteiger partial charge in [-0.25, -0.2) is 0 Å². The van der Waals surface area contributed by atoms with Gasteiger partial charge in [0, 0.05) is 22.6 Å². The Hall–Kier alpha value is -0.990. The second kappa shape index (κ2) is 4.48. The molecule has 2 nitrogen and oxygen atoms in total. The Labute approximate surface area is 101 Å². The van der Waals surface area contributed by atoms with Crippen molar-refractivity contribution < 1.29 is 0 Å². The predicted octanol–water partition coefficient (Wildman–Crippen LogP) is 3.26. The Morgan fingerprint density at radius 3 is 2.75 bits per heavy atom. The summed E-state index contributed by atoms with van der Waals surface area (Å²) in [7, 11) is 0. The molecule has 0 radical (unpaired) electrons. The van der Waals surface area contributed by atoms with Gasteiger partial charge in [0.05, 0.1) is 5.52 Å². The number of benzene rings is 1. The first kappa shape index (κ1) is 11.5. The Morgan fingerprint density at radius 2 is 2.06 bits per heavy atom. The normalized spacial score (nSPS) is 11.2. The van der Waals surface area contributed by atoms with E-state index in [2.05, 4.69) is 30.5 Å². The van der Waals surface area contributed by atoms with Crippen LogP contribution in [0.2, 0.25) is 5.02 Å². The van der Waals surface area contributed by atoms with Crippen LogP contribution in [0.15, 0.2) is 18.2 Å². The van der Waals surface area contributed by atoms with Gasteiger partial charge in [-0.2, -0.15) is 0 Å². The van der Waals surface area contributed by atoms with Crippen molar-refractivity contribution in [2.75, 3.05) is 6.54 Å². The second-order valence-corrected chi connectivity index (χ2v) is 4.60. The average Bonchev–Trinajstić information content (AvgIpc) is 2.58. The Bertz CT molecular complexity index is 514. The highest BCUT2D eigenvalue weighted by molar-refractivity contribution is 6.32. The molecular weight excluding hydrogens is 220 g/mol. The minimum absolute atomic E-state index is 0.721. The van der Waals surface area contributed by atoms with Gasteiger partial charge in [-0.3, -0.25) is 0 Å². The number of halogens is 1. The lowest BCUT2D eigenvalue weighted by Crippen LogP contribution is -2.07. The van der Waals surface area contributed by atoms with E-state index in [0.717, 1.165) is 30.1 Å². The lowest BCUT2D eigenvalue weighted by atomic mass is 10.1. The molecule has 1 heterocycles. The second-order valence-electron chi connectivity index (χ2n) is 4.19. The van der Waals surface area contributed by atoms with E-state index in [9.17, 15) is 0 Å². The molecule has 0 unspecified atom stereocenters. The van der Waals surface area contributed by atoms with Crippen molar-refractivity contribution in [3.05, 3.63) is 34.5 Å². The zero-order valence-corrected chi connectivity index (χ0v) is 10.5. The number of aryl methyl sites for hydroxylation is 3. The fourth-order valence-electron chi connectivity index (χ4n) is 2.19. The fraction of sp³-hybridized carbons (Fsp3) is 0.385. The Kier molecular flexibility index (Phi) is 3.22. The molecule has 0 aliphatic heterocycles. The number of nitrogens with zero attached hydrogens (tertiary/aromatic N) is 1. The van der Waals surface area contributed by atoms with Crippen molar-refractivity contribution in [2.45, 2.75) is 26.8 Å². The maximum absolute atomic E-state index is 6.16. The predicted molar refractivity (Wildman–Crippen MR) is 70.1 cm³/mol. The molecule has 2 aromatic rings. The summed E-state index contributed by atoms with van der Waals surface area (Å²) >= 11 is 6.16. The highest BCUT2D eigenvalue weighted by atomic mass is 35.5. The smallest absolute Gasteiger partial charge is 0.0527 e. The molecule has 2 rings (SSSR count). The summed E-state index contributed by atoms with van der Waals surface area (Å²) in [6, 6.07) is 6.25. The van der Waals surface area contributed by atoms with Gasteiger partial charge in [0.25, 0.3) is 0 Å². The van der Waals surface area contributed by atoms with Crippen LogP contribution >= 0.6 is 11.6 Å². The van der Waals surface area contributed by atoms with Gasteiger partial charge in [0.1, 0.15) is 0 Å². The number of rotatable bonds is 3. The van der Waals surface area contributed by atoms with Crippen molar-refractivity contribution in [3.8, 4) is 0 Å². The largest absolute Gasteiger partial charge is 0.345 e. The van der Waals surface area contributed by atoms with E-state index in [-0.39, 0.29) is 0 Å². The standard InChI is InChI=1S/C13H17ClN2/c1-9-8-11-4-5-12(14)10(2)13(11)16(9)7-3-6-15/h4-5,8H,3,6-7,15H2,1-2H3. The number of hydrogen-bond donors (Lipinski definition) is 1. The summed E-state index contributed by atoms with van der Waals surface area (Å²) in [5, 5.41) is 2.09. The third-order valence-electron chi connectivity index (χ3n) is 3.04. The minimum atomic E-state index is 0.721. The monoisotopic (exact) mass is 236 g/mol. The zero-order chi connectivity index (χ0) is 11.7.